The van der Waals surface area contributed by atoms with E-state index in [0.717, 1.165) is 0 Å². The minimum absolute atomic E-state index is 0.0397. The molecule has 0 aliphatic rings. The third-order valence-corrected chi connectivity index (χ3v) is 1.34. The van der Waals surface area contributed by atoms with Crippen LogP contribution in [0.1, 0.15) is 6.92 Å². The van der Waals surface area contributed by atoms with Crippen LogP contribution in [0, 0.1) is 0 Å². The van der Waals surface area contributed by atoms with Crippen molar-refractivity contribution in [2.75, 3.05) is 6.61 Å². The van der Waals surface area contributed by atoms with Gasteiger partial charge in [-0.05, 0) is 6.92 Å². The molecular formula is C6H9O5S-. The molecule has 0 rings (SSSR count). The van der Waals surface area contributed by atoms with Gasteiger partial charge in [0.25, 0.3) is 0 Å². The molecule has 2 unspecified atom stereocenters. The standard InChI is InChI=1S/C6H10O5S/c1-3-4-10-6(7)5(2)11-12(8)9/h3,5H,1,4H2,2H3,(H,8,9)/p-1. The van der Waals surface area contributed by atoms with Gasteiger partial charge >= 0.3 is 5.97 Å². The van der Waals surface area contributed by atoms with Gasteiger partial charge < -0.3 is 9.29 Å². The molecule has 0 radical (unpaired) electrons. The van der Waals surface area contributed by atoms with E-state index in [1.807, 2.05) is 0 Å². The number of hydrogen-bond acceptors (Lipinski definition) is 5. The zero-order valence-electron chi connectivity index (χ0n) is 6.52. The van der Waals surface area contributed by atoms with E-state index in [-0.39, 0.29) is 6.61 Å². The molecule has 0 saturated heterocycles. The van der Waals surface area contributed by atoms with Gasteiger partial charge in [-0.3, -0.25) is 4.18 Å². The molecule has 5 nitrogen and oxygen atoms in total. The van der Waals surface area contributed by atoms with Gasteiger partial charge in [0, 0.05) is 0 Å². The van der Waals surface area contributed by atoms with Crippen molar-refractivity contribution in [2.24, 2.45) is 0 Å². The Morgan fingerprint density at radius 3 is 2.83 bits per heavy atom. The van der Waals surface area contributed by atoms with Crippen molar-refractivity contribution in [3.8, 4) is 0 Å². The van der Waals surface area contributed by atoms with Crippen LogP contribution in [0.25, 0.3) is 0 Å². The zero-order chi connectivity index (χ0) is 9.56. The van der Waals surface area contributed by atoms with Crippen LogP contribution >= 0.6 is 0 Å². The molecule has 0 spiro atoms. The molecule has 0 N–H and O–H groups in total. The van der Waals surface area contributed by atoms with Gasteiger partial charge in [0.1, 0.15) is 6.61 Å². The molecule has 0 heterocycles. The van der Waals surface area contributed by atoms with Crippen molar-refractivity contribution in [1.82, 2.24) is 0 Å². The number of carbonyl (C=O) groups excluding carboxylic acids is 1. The Balaban J connectivity index is 3.76. The minimum Gasteiger partial charge on any atom is -0.750 e. The Morgan fingerprint density at radius 1 is 1.83 bits per heavy atom. The first kappa shape index (κ1) is 11.3. The molecule has 0 aromatic carbocycles. The maximum atomic E-state index is 10.8. The van der Waals surface area contributed by atoms with E-state index >= 15 is 0 Å². The van der Waals surface area contributed by atoms with Crippen LogP contribution in [0.3, 0.4) is 0 Å². The first-order valence-electron chi connectivity index (χ1n) is 3.12. The van der Waals surface area contributed by atoms with Gasteiger partial charge in [-0.15, -0.1) is 0 Å². The molecule has 0 amide bonds. The lowest BCUT2D eigenvalue weighted by Crippen LogP contribution is -2.24. The fourth-order valence-electron chi connectivity index (χ4n) is 0.416. The Kier molecular flexibility index (Phi) is 5.52. The minimum atomic E-state index is -2.70. The molecule has 0 aliphatic heterocycles. The van der Waals surface area contributed by atoms with Crippen LogP contribution in [-0.2, 0) is 25.1 Å². The SMILES string of the molecule is C=CCOC(=O)C(C)OS(=O)[O-]. The molecule has 2 atom stereocenters. The summed E-state index contributed by atoms with van der Waals surface area (Å²) in [4.78, 5) is 10.8. The predicted octanol–water partition coefficient (Wildman–Crippen LogP) is -0.0852. The summed E-state index contributed by atoms with van der Waals surface area (Å²) in [7, 11) is 0. The topological polar surface area (TPSA) is 75.7 Å². The van der Waals surface area contributed by atoms with Crippen molar-refractivity contribution in [2.45, 2.75) is 13.0 Å². The Morgan fingerprint density at radius 2 is 2.42 bits per heavy atom. The highest BCUT2D eigenvalue weighted by Crippen LogP contribution is 1.96. The molecule has 0 aromatic heterocycles. The maximum Gasteiger partial charge on any atom is 0.336 e. The average molecular weight is 193 g/mol. The first-order chi connectivity index (χ1) is 5.57. The van der Waals surface area contributed by atoms with Crippen molar-refractivity contribution < 1.29 is 22.5 Å². The van der Waals surface area contributed by atoms with E-state index in [1.165, 1.54) is 13.0 Å². The third-order valence-electron chi connectivity index (χ3n) is 0.898. The highest BCUT2D eigenvalue weighted by atomic mass is 32.2. The predicted molar refractivity (Wildman–Crippen MR) is 40.6 cm³/mol. The maximum absolute atomic E-state index is 10.8. The Labute approximate surface area is 72.8 Å². The van der Waals surface area contributed by atoms with Crippen LogP contribution in [0.4, 0.5) is 0 Å². The summed E-state index contributed by atoms with van der Waals surface area (Å²) in [6, 6.07) is 0. The molecule has 0 fully saturated rings. The molecule has 12 heavy (non-hydrogen) atoms. The van der Waals surface area contributed by atoms with E-state index in [0.29, 0.717) is 0 Å². The summed E-state index contributed by atoms with van der Waals surface area (Å²) in [6.07, 6.45) is 0.266. The van der Waals surface area contributed by atoms with Crippen LogP contribution in [0.15, 0.2) is 12.7 Å². The largest absolute Gasteiger partial charge is 0.750 e. The Hall–Kier alpha value is -0.720. The number of esters is 1. The summed E-state index contributed by atoms with van der Waals surface area (Å²) < 4.78 is 28.5. The number of hydrogen-bond donors (Lipinski definition) is 0. The second-order valence-corrected chi connectivity index (χ2v) is 2.46. The van der Waals surface area contributed by atoms with Crippen LogP contribution in [0.2, 0.25) is 0 Å². The first-order valence-corrected chi connectivity index (χ1v) is 4.12. The van der Waals surface area contributed by atoms with E-state index in [1.54, 1.807) is 0 Å². The second kappa shape index (κ2) is 5.87. The molecular weight excluding hydrogens is 184 g/mol. The van der Waals surface area contributed by atoms with E-state index < -0.39 is 23.4 Å². The smallest absolute Gasteiger partial charge is 0.336 e. The van der Waals surface area contributed by atoms with Gasteiger partial charge in [-0.1, -0.05) is 12.7 Å². The average Bonchev–Trinajstić information content (AvgIpc) is 1.98. The highest BCUT2D eigenvalue weighted by molar-refractivity contribution is 7.74. The van der Waals surface area contributed by atoms with Crippen molar-refractivity contribution in [3.05, 3.63) is 12.7 Å². The van der Waals surface area contributed by atoms with E-state index in [4.69, 9.17) is 0 Å². The summed E-state index contributed by atoms with van der Waals surface area (Å²) in [5.74, 6) is -0.737. The molecule has 0 aliphatic carbocycles. The van der Waals surface area contributed by atoms with E-state index in [2.05, 4.69) is 15.5 Å². The van der Waals surface area contributed by atoms with Crippen molar-refractivity contribution in [1.29, 1.82) is 0 Å². The second-order valence-electron chi connectivity index (χ2n) is 1.86. The van der Waals surface area contributed by atoms with Crippen LogP contribution in [0.5, 0.6) is 0 Å². The third kappa shape index (κ3) is 5.00. The summed E-state index contributed by atoms with van der Waals surface area (Å²) in [5, 5.41) is 0. The summed E-state index contributed by atoms with van der Waals surface area (Å²) >= 11 is -2.70. The monoisotopic (exact) mass is 193 g/mol. The summed E-state index contributed by atoms with van der Waals surface area (Å²) in [5.41, 5.74) is 0. The lowest BCUT2D eigenvalue weighted by Gasteiger charge is -2.12. The van der Waals surface area contributed by atoms with Gasteiger partial charge in [0.05, 0.1) is 11.4 Å². The lowest BCUT2D eigenvalue weighted by atomic mass is 10.4. The fourth-order valence-corrected chi connectivity index (χ4v) is 0.730. The van der Waals surface area contributed by atoms with Crippen molar-refractivity contribution >= 4 is 17.3 Å². The molecule has 70 valence electrons. The van der Waals surface area contributed by atoms with Crippen molar-refractivity contribution in [3.63, 3.8) is 0 Å². The fraction of sp³-hybridized carbons (Fsp3) is 0.500. The zero-order valence-corrected chi connectivity index (χ0v) is 7.33. The number of carbonyl (C=O) groups is 1. The number of ether oxygens (including phenoxy) is 1. The lowest BCUT2D eigenvalue weighted by molar-refractivity contribution is -0.149. The Bertz CT molecular complexity index is 190. The number of rotatable bonds is 5. The molecule has 0 bridgehead atoms. The van der Waals surface area contributed by atoms with Gasteiger partial charge in [-0.25, -0.2) is 9.00 Å². The quantitative estimate of drug-likeness (QED) is 0.346. The van der Waals surface area contributed by atoms with Gasteiger partial charge in [0.2, 0.25) is 0 Å². The molecule has 6 heteroatoms. The van der Waals surface area contributed by atoms with Gasteiger partial charge in [0.15, 0.2) is 6.10 Å². The molecule has 0 saturated carbocycles. The normalized spacial score (nSPS) is 14.8. The van der Waals surface area contributed by atoms with E-state index in [9.17, 15) is 13.6 Å². The van der Waals surface area contributed by atoms with Crippen LogP contribution in [-0.4, -0.2) is 27.4 Å². The molecule has 0 aromatic rings. The van der Waals surface area contributed by atoms with Gasteiger partial charge in [-0.2, -0.15) is 0 Å². The summed E-state index contributed by atoms with van der Waals surface area (Å²) in [6.45, 7) is 4.63. The van der Waals surface area contributed by atoms with Crippen LogP contribution < -0.4 is 0 Å². The highest BCUT2D eigenvalue weighted by Gasteiger charge is 2.14.